The molecule has 0 saturated carbocycles. The number of rotatable bonds is 3. The van der Waals surface area contributed by atoms with Crippen LogP contribution in [0.4, 0.5) is 0 Å². The minimum Gasteiger partial charge on any atom is -0.480 e. The van der Waals surface area contributed by atoms with Gasteiger partial charge in [-0.1, -0.05) is 72.8 Å². The van der Waals surface area contributed by atoms with E-state index in [-0.39, 0.29) is 6.04 Å². The average Bonchev–Trinajstić information content (AvgIpc) is 3.41. The van der Waals surface area contributed by atoms with E-state index in [2.05, 4.69) is 34.9 Å². The second-order valence-corrected chi connectivity index (χ2v) is 8.63. The van der Waals surface area contributed by atoms with E-state index in [1.807, 2.05) is 84.3 Å². The van der Waals surface area contributed by atoms with Gasteiger partial charge in [0.25, 0.3) is 0 Å². The standard InChI is InChI=1S/C15H12N2.C15H13NO2/c1-11(10-16)17-14-8-4-2-6-12(14)13-7-3-5-9-15(13)17;1-10(15(17)18)16-13-8-4-2-6-11(13)12-7-3-5-9-14(12)16/h2-9,11H,1H3;2-10H,1H3,(H,17,18). The van der Waals surface area contributed by atoms with Crippen LogP contribution in [0.3, 0.4) is 0 Å². The second-order valence-electron chi connectivity index (χ2n) is 8.63. The summed E-state index contributed by atoms with van der Waals surface area (Å²) in [6.45, 7) is 3.64. The summed E-state index contributed by atoms with van der Waals surface area (Å²) in [5, 5.41) is 23.0. The number of benzene rings is 4. The highest BCUT2D eigenvalue weighted by molar-refractivity contribution is 6.09. The van der Waals surface area contributed by atoms with Crippen molar-refractivity contribution in [3.63, 3.8) is 0 Å². The van der Waals surface area contributed by atoms with Crippen molar-refractivity contribution in [1.29, 1.82) is 5.26 Å². The molecule has 2 unspecified atom stereocenters. The minimum absolute atomic E-state index is 0.153. The zero-order valence-corrected chi connectivity index (χ0v) is 19.6. The number of nitriles is 1. The molecule has 6 aromatic rings. The van der Waals surface area contributed by atoms with Gasteiger partial charge in [-0.3, -0.25) is 0 Å². The van der Waals surface area contributed by atoms with Gasteiger partial charge in [-0.25, -0.2) is 4.79 Å². The van der Waals surface area contributed by atoms with E-state index in [4.69, 9.17) is 5.26 Å². The summed E-state index contributed by atoms with van der Waals surface area (Å²) in [4.78, 5) is 11.3. The van der Waals surface area contributed by atoms with Crippen LogP contribution in [-0.2, 0) is 4.79 Å². The van der Waals surface area contributed by atoms with Crippen LogP contribution in [0.15, 0.2) is 97.1 Å². The first-order chi connectivity index (χ1) is 17.0. The Morgan fingerprint density at radius 2 is 0.971 bits per heavy atom. The molecule has 0 fully saturated rings. The highest BCUT2D eigenvalue weighted by Crippen LogP contribution is 2.32. The lowest BCUT2D eigenvalue weighted by Gasteiger charge is -2.11. The molecule has 2 atom stereocenters. The normalized spacial score (nSPS) is 12.8. The molecule has 2 aromatic heterocycles. The number of carboxylic acid groups (broad SMARTS) is 1. The molecule has 0 aliphatic rings. The topological polar surface area (TPSA) is 70.9 Å². The first kappa shape index (κ1) is 22.2. The Balaban J connectivity index is 0.000000145. The van der Waals surface area contributed by atoms with Crippen molar-refractivity contribution in [2.24, 2.45) is 0 Å². The zero-order chi connectivity index (χ0) is 24.5. The van der Waals surface area contributed by atoms with Gasteiger partial charge < -0.3 is 14.2 Å². The van der Waals surface area contributed by atoms with E-state index in [9.17, 15) is 9.90 Å². The van der Waals surface area contributed by atoms with Gasteiger partial charge >= 0.3 is 5.97 Å². The number of fused-ring (bicyclic) bond motifs is 6. The fourth-order valence-corrected chi connectivity index (χ4v) is 4.91. The molecule has 6 rings (SSSR count). The van der Waals surface area contributed by atoms with Gasteiger partial charge in [0.15, 0.2) is 0 Å². The Morgan fingerprint density at radius 1 is 0.657 bits per heavy atom. The number of carbonyl (C=O) groups is 1. The monoisotopic (exact) mass is 459 g/mol. The summed E-state index contributed by atoms with van der Waals surface area (Å²) in [7, 11) is 0. The summed E-state index contributed by atoms with van der Waals surface area (Å²) >= 11 is 0. The zero-order valence-electron chi connectivity index (χ0n) is 19.6. The molecule has 4 aromatic carbocycles. The van der Waals surface area contributed by atoms with E-state index in [1.54, 1.807) is 6.92 Å². The predicted octanol–water partition coefficient (Wildman–Crippen LogP) is 7.32. The Morgan fingerprint density at radius 3 is 1.29 bits per heavy atom. The highest BCUT2D eigenvalue weighted by Gasteiger charge is 2.19. The van der Waals surface area contributed by atoms with Gasteiger partial charge in [-0.2, -0.15) is 5.26 Å². The molecule has 0 saturated heterocycles. The van der Waals surface area contributed by atoms with E-state index in [0.29, 0.717) is 0 Å². The molecule has 0 radical (unpaired) electrons. The quantitative estimate of drug-likeness (QED) is 0.301. The van der Waals surface area contributed by atoms with Gasteiger partial charge in [0, 0.05) is 32.6 Å². The molecule has 1 N–H and O–H groups in total. The van der Waals surface area contributed by atoms with Crippen molar-refractivity contribution in [2.45, 2.75) is 25.9 Å². The van der Waals surface area contributed by atoms with Gasteiger partial charge in [0.2, 0.25) is 0 Å². The largest absolute Gasteiger partial charge is 0.480 e. The minimum atomic E-state index is -0.818. The van der Waals surface area contributed by atoms with E-state index >= 15 is 0 Å². The van der Waals surface area contributed by atoms with Crippen LogP contribution in [0.2, 0.25) is 0 Å². The number of nitrogens with zero attached hydrogens (tertiary/aromatic N) is 3. The molecule has 5 heteroatoms. The Labute approximate surface area is 203 Å². The smallest absolute Gasteiger partial charge is 0.326 e. The number of aromatic nitrogens is 2. The SMILES string of the molecule is CC(C#N)n1c2ccccc2c2ccccc21.CC(C(=O)O)n1c2ccccc2c2ccccc21. The highest BCUT2D eigenvalue weighted by atomic mass is 16.4. The first-order valence-corrected chi connectivity index (χ1v) is 11.6. The molecule has 172 valence electrons. The molecule has 0 bridgehead atoms. The first-order valence-electron chi connectivity index (χ1n) is 11.6. The van der Waals surface area contributed by atoms with Crippen LogP contribution in [0.1, 0.15) is 25.9 Å². The lowest BCUT2D eigenvalue weighted by Crippen LogP contribution is -2.15. The third-order valence-corrected chi connectivity index (χ3v) is 6.55. The molecule has 0 amide bonds. The summed E-state index contributed by atoms with van der Waals surface area (Å²) in [6.07, 6.45) is 0. The second kappa shape index (κ2) is 9.00. The molecule has 0 aliphatic heterocycles. The predicted molar refractivity (Wildman–Crippen MR) is 142 cm³/mol. The van der Waals surface area contributed by atoms with Gasteiger partial charge in [-0.15, -0.1) is 0 Å². The maximum absolute atomic E-state index is 11.3. The van der Waals surface area contributed by atoms with Gasteiger partial charge in [-0.05, 0) is 38.1 Å². The van der Waals surface area contributed by atoms with E-state index in [0.717, 1.165) is 32.8 Å². The Bertz CT molecular complexity index is 1630. The lowest BCUT2D eigenvalue weighted by atomic mass is 10.2. The number of hydrogen-bond donors (Lipinski definition) is 1. The van der Waals surface area contributed by atoms with Crippen LogP contribution in [0.25, 0.3) is 43.6 Å². The van der Waals surface area contributed by atoms with E-state index in [1.165, 1.54) is 10.8 Å². The summed E-state index contributed by atoms with van der Waals surface area (Å²) < 4.78 is 3.98. The van der Waals surface area contributed by atoms with Crippen molar-refractivity contribution in [1.82, 2.24) is 9.13 Å². The van der Waals surface area contributed by atoms with Crippen molar-refractivity contribution in [3.8, 4) is 6.07 Å². The summed E-state index contributed by atoms with van der Waals surface area (Å²) in [5.41, 5.74) is 4.19. The number of aliphatic carboxylic acids is 1. The molecule has 0 spiro atoms. The molecule has 35 heavy (non-hydrogen) atoms. The number of para-hydroxylation sites is 4. The third kappa shape index (κ3) is 3.70. The number of carboxylic acids is 1. The van der Waals surface area contributed by atoms with Crippen LogP contribution < -0.4 is 0 Å². The van der Waals surface area contributed by atoms with E-state index < -0.39 is 12.0 Å². The van der Waals surface area contributed by atoms with Crippen molar-refractivity contribution < 1.29 is 9.90 Å². The van der Waals surface area contributed by atoms with Gasteiger partial charge in [0.05, 0.1) is 17.1 Å². The lowest BCUT2D eigenvalue weighted by molar-refractivity contribution is -0.140. The van der Waals surface area contributed by atoms with Crippen LogP contribution in [0, 0.1) is 11.3 Å². The molecule has 5 nitrogen and oxygen atoms in total. The third-order valence-electron chi connectivity index (χ3n) is 6.55. The fraction of sp³-hybridized carbons (Fsp3) is 0.133. The maximum Gasteiger partial charge on any atom is 0.326 e. The van der Waals surface area contributed by atoms with Crippen LogP contribution in [0.5, 0.6) is 0 Å². The summed E-state index contributed by atoms with van der Waals surface area (Å²) in [5.74, 6) is -0.818. The Hall–Kier alpha value is -4.56. The van der Waals surface area contributed by atoms with Crippen LogP contribution >= 0.6 is 0 Å². The Kier molecular flexibility index (Phi) is 5.72. The molecule has 2 heterocycles. The molecular weight excluding hydrogens is 434 g/mol. The van der Waals surface area contributed by atoms with Crippen LogP contribution in [-0.4, -0.2) is 20.2 Å². The van der Waals surface area contributed by atoms with Crippen molar-refractivity contribution in [2.75, 3.05) is 0 Å². The van der Waals surface area contributed by atoms with Crippen molar-refractivity contribution in [3.05, 3.63) is 97.1 Å². The average molecular weight is 460 g/mol. The molecular formula is C30H25N3O2. The maximum atomic E-state index is 11.3. The van der Waals surface area contributed by atoms with Crippen molar-refractivity contribution >= 4 is 49.6 Å². The fourth-order valence-electron chi connectivity index (χ4n) is 4.91. The summed E-state index contributed by atoms with van der Waals surface area (Å²) in [6, 6.07) is 33.9. The van der Waals surface area contributed by atoms with Gasteiger partial charge in [0.1, 0.15) is 12.1 Å². The number of hydrogen-bond acceptors (Lipinski definition) is 2. The molecule has 0 aliphatic carbocycles.